The lowest BCUT2D eigenvalue weighted by Crippen LogP contribution is -2.33. The van der Waals surface area contributed by atoms with Gasteiger partial charge in [0.15, 0.2) is 11.5 Å². The van der Waals surface area contributed by atoms with Gasteiger partial charge in [-0.05, 0) is 37.1 Å². The third kappa shape index (κ3) is 2.43. The maximum Gasteiger partial charge on any atom is 0.231 e. The molecule has 1 atom stereocenters. The van der Waals surface area contributed by atoms with Gasteiger partial charge in [-0.3, -0.25) is 4.90 Å². The van der Waals surface area contributed by atoms with Gasteiger partial charge in [0.05, 0.1) is 7.11 Å². The van der Waals surface area contributed by atoms with Crippen LogP contribution in [-0.2, 0) is 12.8 Å². The third-order valence-electron chi connectivity index (χ3n) is 4.82. The minimum Gasteiger partial charge on any atom is -0.492 e. The molecule has 0 radical (unpaired) electrons. The van der Waals surface area contributed by atoms with E-state index in [1.165, 1.54) is 16.7 Å². The second-order valence-electron chi connectivity index (χ2n) is 6.15. The Balaban J connectivity index is 1.80. The fourth-order valence-electron chi connectivity index (χ4n) is 3.62. The Labute approximate surface area is 136 Å². The van der Waals surface area contributed by atoms with E-state index in [-0.39, 0.29) is 12.8 Å². The van der Waals surface area contributed by atoms with Gasteiger partial charge in [0.1, 0.15) is 0 Å². The smallest absolute Gasteiger partial charge is 0.231 e. The zero-order valence-corrected chi connectivity index (χ0v) is 13.5. The molecule has 120 valence electrons. The molecule has 0 aliphatic carbocycles. The standard InChI is InChI=1S/C19H21NO3/c1-20-9-8-14-11-16-18(23-12-22-16)19(21-2)17(14)15(20)10-13-6-4-3-5-7-13/h3-7,11,15H,8-10,12H2,1-2H3. The second-order valence-corrected chi connectivity index (χ2v) is 6.15. The lowest BCUT2D eigenvalue weighted by atomic mass is 9.87. The molecule has 0 spiro atoms. The van der Waals surface area contributed by atoms with E-state index in [0.29, 0.717) is 0 Å². The topological polar surface area (TPSA) is 30.9 Å². The first-order valence-corrected chi connectivity index (χ1v) is 8.01. The Morgan fingerprint density at radius 2 is 2.04 bits per heavy atom. The SMILES string of the molecule is COc1c2c(cc3c1C(Cc1ccccc1)N(C)CC3)OCO2. The van der Waals surface area contributed by atoms with Crippen molar-refractivity contribution in [3.63, 3.8) is 0 Å². The molecule has 0 amide bonds. The summed E-state index contributed by atoms with van der Waals surface area (Å²) < 4.78 is 17.0. The van der Waals surface area contributed by atoms with Crippen molar-refractivity contribution >= 4 is 0 Å². The van der Waals surface area contributed by atoms with Gasteiger partial charge in [0.2, 0.25) is 12.5 Å². The molecule has 4 rings (SSSR count). The fourth-order valence-corrected chi connectivity index (χ4v) is 3.62. The molecule has 2 aliphatic heterocycles. The van der Waals surface area contributed by atoms with Crippen LogP contribution in [0.4, 0.5) is 0 Å². The summed E-state index contributed by atoms with van der Waals surface area (Å²) in [5.74, 6) is 2.39. The van der Waals surface area contributed by atoms with E-state index in [1.54, 1.807) is 7.11 Å². The van der Waals surface area contributed by atoms with Gasteiger partial charge in [-0.1, -0.05) is 30.3 Å². The van der Waals surface area contributed by atoms with E-state index in [1.807, 2.05) is 0 Å². The van der Waals surface area contributed by atoms with Gasteiger partial charge in [0, 0.05) is 18.2 Å². The van der Waals surface area contributed by atoms with Crippen molar-refractivity contribution in [2.24, 2.45) is 0 Å². The van der Waals surface area contributed by atoms with Crippen molar-refractivity contribution in [1.82, 2.24) is 4.90 Å². The number of nitrogens with zero attached hydrogens (tertiary/aromatic N) is 1. The molecule has 2 aromatic rings. The quantitative estimate of drug-likeness (QED) is 0.871. The number of likely N-dealkylation sites (N-methyl/N-ethyl adjacent to an activating group) is 1. The van der Waals surface area contributed by atoms with E-state index in [9.17, 15) is 0 Å². The number of rotatable bonds is 3. The number of methoxy groups -OCH3 is 1. The maximum atomic E-state index is 5.74. The number of hydrogen-bond donors (Lipinski definition) is 0. The Hall–Kier alpha value is -2.20. The lowest BCUT2D eigenvalue weighted by Gasteiger charge is -2.36. The molecule has 4 heteroatoms. The summed E-state index contributed by atoms with van der Waals surface area (Å²) in [6, 6.07) is 13.0. The molecule has 2 heterocycles. The van der Waals surface area contributed by atoms with E-state index < -0.39 is 0 Å². The van der Waals surface area contributed by atoms with Crippen LogP contribution in [0, 0.1) is 0 Å². The Morgan fingerprint density at radius 3 is 2.83 bits per heavy atom. The molecule has 0 aromatic heterocycles. The number of benzene rings is 2. The number of hydrogen-bond acceptors (Lipinski definition) is 4. The summed E-state index contributed by atoms with van der Waals surface area (Å²) in [7, 11) is 3.90. The van der Waals surface area contributed by atoms with Crippen LogP contribution in [0.2, 0.25) is 0 Å². The molecule has 1 unspecified atom stereocenters. The van der Waals surface area contributed by atoms with Gasteiger partial charge in [-0.15, -0.1) is 0 Å². The first kappa shape index (κ1) is 14.4. The summed E-state index contributed by atoms with van der Waals surface area (Å²) in [5.41, 5.74) is 3.89. The van der Waals surface area contributed by atoms with Gasteiger partial charge >= 0.3 is 0 Å². The van der Waals surface area contributed by atoms with Crippen molar-refractivity contribution in [3.8, 4) is 17.2 Å². The van der Waals surface area contributed by atoms with Gasteiger partial charge in [-0.25, -0.2) is 0 Å². The zero-order chi connectivity index (χ0) is 15.8. The highest BCUT2D eigenvalue weighted by Crippen LogP contribution is 2.49. The average molecular weight is 311 g/mol. The van der Waals surface area contributed by atoms with Crippen molar-refractivity contribution in [1.29, 1.82) is 0 Å². The molecule has 0 bridgehead atoms. The van der Waals surface area contributed by atoms with Crippen LogP contribution >= 0.6 is 0 Å². The average Bonchev–Trinajstić information content (AvgIpc) is 3.04. The lowest BCUT2D eigenvalue weighted by molar-refractivity contribution is 0.170. The summed E-state index contributed by atoms with van der Waals surface area (Å²) in [6.07, 6.45) is 1.96. The second kappa shape index (κ2) is 5.78. The molecule has 0 saturated carbocycles. The van der Waals surface area contributed by atoms with Gasteiger partial charge < -0.3 is 14.2 Å². The Morgan fingerprint density at radius 1 is 1.22 bits per heavy atom. The Bertz CT molecular complexity index is 714. The monoisotopic (exact) mass is 311 g/mol. The van der Waals surface area contributed by atoms with Gasteiger partial charge in [-0.2, -0.15) is 0 Å². The molecule has 0 fully saturated rings. The van der Waals surface area contributed by atoms with Crippen molar-refractivity contribution in [2.45, 2.75) is 18.9 Å². The third-order valence-corrected chi connectivity index (χ3v) is 4.82. The normalized spacial score (nSPS) is 19.5. The summed E-state index contributed by atoms with van der Waals surface area (Å²) in [6.45, 7) is 1.31. The van der Waals surface area contributed by atoms with Crippen LogP contribution in [0.5, 0.6) is 17.2 Å². The van der Waals surface area contributed by atoms with Crippen LogP contribution in [0.3, 0.4) is 0 Å². The first-order chi connectivity index (χ1) is 11.3. The van der Waals surface area contributed by atoms with E-state index >= 15 is 0 Å². The van der Waals surface area contributed by atoms with Crippen molar-refractivity contribution in [2.75, 3.05) is 27.5 Å². The summed E-state index contributed by atoms with van der Waals surface area (Å²) >= 11 is 0. The maximum absolute atomic E-state index is 5.74. The summed E-state index contributed by atoms with van der Waals surface area (Å²) in [4.78, 5) is 2.40. The number of fused-ring (bicyclic) bond motifs is 2. The zero-order valence-electron chi connectivity index (χ0n) is 13.5. The molecule has 2 aromatic carbocycles. The minimum absolute atomic E-state index is 0.272. The van der Waals surface area contributed by atoms with Crippen LogP contribution in [0.1, 0.15) is 22.7 Å². The van der Waals surface area contributed by atoms with Gasteiger partial charge in [0.25, 0.3) is 0 Å². The van der Waals surface area contributed by atoms with Crippen LogP contribution in [0.15, 0.2) is 36.4 Å². The van der Waals surface area contributed by atoms with Crippen LogP contribution in [-0.4, -0.2) is 32.4 Å². The molecule has 23 heavy (non-hydrogen) atoms. The fraction of sp³-hybridized carbons (Fsp3) is 0.368. The van der Waals surface area contributed by atoms with E-state index in [0.717, 1.165) is 36.6 Å². The predicted octanol–water partition coefficient (Wildman–Crippen LogP) is 3.20. The minimum atomic E-state index is 0.272. The number of ether oxygens (including phenoxy) is 3. The molecular weight excluding hydrogens is 290 g/mol. The van der Waals surface area contributed by atoms with E-state index in [2.05, 4.69) is 48.3 Å². The van der Waals surface area contributed by atoms with Crippen molar-refractivity contribution in [3.05, 3.63) is 53.1 Å². The molecule has 4 nitrogen and oxygen atoms in total. The largest absolute Gasteiger partial charge is 0.492 e. The van der Waals surface area contributed by atoms with Crippen LogP contribution in [0.25, 0.3) is 0 Å². The predicted molar refractivity (Wildman–Crippen MR) is 88.3 cm³/mol. The first-order valence-electron chi connectivity index (χ1n) is 8.01. The summed E-state index contributed by atoms with van der Waals surface area (Å²) in [5, 5.41) is 0. The van der Waals surface area contributed by atoms with Crippen molar-refractivity contribution < 1.29 is 14.2 Å². The highest BCUT2D eigenvalue weighted by atomic mass is 16.7. The van der Waals surface area contributed by atoms with Crippen LogP contribution < -0.4 is 14.2 Å². The molecular formula is C19H21NO3. The highest BCUT2D eigenvalue weighted by Gasteiger charge is 2.33. The Kier molecular flexibility index (Phi) is 3.62. The molecule has 0 N–H and O–H groups in total. The highest BCUT2D eigenvalue weighted by molar-refractivity contribution is 5.62. The van der Waals surface area contributed by atoms with E-state index in [4.69, 9.17) is 14.2 Å². The molecule has 0 saturated heterocycles. The molecule has 2 aliphatic rings.